The molecule has 0 spiro atoms. The molecule has 0 aliphatic rings. The zero-order chi connectivity index (χ0) is 20.1. The number of hydrazine groups is 1. The van der Waals surface area contributed by atoms with Crippen molar-refractivity contribution in [2.24, 2.45) is 0 Å². The van der Waals surface area contributed by atoms with Gasteiger partial charge in [0.1, 0.15) is 6.33 Å². The Morgan fingerprint density at radius 3 is 2.17 bits per heavy atom. The number of benzene rings is 3. The highest BCUT2D eigenvalue weighted by molar-refractivity contribution is 6.04. The molecule has 4 rings (SSSR count). The summed E-state index contributed by atoms with van der Waals surface area (Å²) in [5.41, 5.74) is 7.84. The molecule has 2 amide bonds. The van der Waals surface area contributed by atoms with Crippen molar-refractivity contribution in [3.8, 4) is 0 Å². The van der Waals surface area contributed by atoms with Crippen molar-refractivity contribution in [2.45, 2.75) is 0 Å². The summed E-state index contributed by atoms with van der Waals surface area (Å²) in [6.07, 6.45) is 1.43. The molecule has 4 aromatic rings. The van der Waals surface area contributed by atoms with Gasteiger partial charge < -0.3 is 5.32 Å². The number of hydrogen-bond acceptors (Lipinski definition) is 5. The minimum atomic E-state index is -0.325. The fourth-order valence-electron chi connectivity index (χ4n) is 2.79. The maximum absolute atomic E-state index is 12.4. The molecule has 0 bridgehead atoms. The maximum atomic E-state index is 12.4. The summed E-state index contributed by atoms with van der Waals surface area (Å²) < 4.78 is 0. The Morgan fingerprint density at radius 1 is 0.690 bits per heavy atom. The van der Waals surface area contributed by atoms with Crippen molar-refractivity contribution in [3.05, 3.63) is 96.3 Å². The number of rotatable bonds is 5. The zero-order valence-corrected chi connectivity index (χ0v) is 15.3. The van der Waals surface area contributed by atoms with Crippen LogP contribution >= 0.6 is 0 Å². The van der Waals surface area contributed by atoms with Gasteiger partial charge in [-0.15, -0.1) is 0 Å². The molecule has 0 radical (unpaired) electrons. The van der Waals surface area contributed by atoms with Crippen LogP contribution in [-0.4, -0.2) is 21.8 Å². The van der Waals surface area contributed by atoms with Crippen LogP contribution < -0.4 is 16.2 Å². The highest BCUT2D eigenvalue weighted by atomic mass is 16.2. The third-order valence-corrected chi connectivity index (χ3v) is 4.28. The molecule has 7 heteroatoms. The minimum absolute atomic E-state index is 0.208. The van der Waals surface area contributed by atoms with Gasteiger partial charge in [0.2, 0.25) is 0 Å². The number of carbonyl (C=O) groups excluding carboxylic acids is 2. The first kappa shape index (κ1) is 18.1. The summed E-state index contributed by atoms with van der Waals surface area (Å²) in [6.45, 7) is 0. The first-order valence-electron chi connectivity index (χ1n) is 8.93. The lowest BCUT2D eigenvalue weighted by Crippen LogP contribution is -2.29. The van der Waals surface area contributed by atoms with Crippen molar-refractivity contribution in [2.75, 3.05) is 10.7 Å². The molecule has 0 saturated carbocycles. The predicted octanol–water partition coefficient (Wildman–Crippen LogP) is 3.64. The molecule has 0 fully saturated rings. The van der Waals surface area contributed by atoms with Crippen molar-refractivity contribution >= 4 is 34.2 Å². The number of para-hydroxylation sites is 1. The van der Waals surface area contributed by atoms with Crippen LogP contribution in [-0.2, 0) is 0 Å². The summed E-state index contributed by atoms with van der Waals surface area (Å²) >= 11 is 0. The molecular formula is C22H17N5O2. The Hall–Kier alpha value is -4.26. The first-order valence-corrected chi connectivity index (χ1v) is 8.93. The van der Waals surface area contributed by atoms with Crippen molar-refractivity contribution in [1.82, 2.24) is 15.4 Å². The van der Waals surface area contributed by atoms with Crippen LogP contribution in [0.15, 0.2) is 85.2 Å². The third-order valence-electron chi connectivity index (χ3n) is 4.28. The SMILES string of the molecule is O=C(NNc1ncnc2ccccc12)c1ccc(NC(=O)c2ccccc2)cc1. The van der Waals surface area contributed by atoms with Crippen LogP contribution in [0.3, 0.4) is 0 Å². The zero-order valence-electron chi connectivity index (χ0n) is 15.3. The molecule has 142 valence electrons. The smallest absolute Gasteiger partial charge is 0.269 e. The van der Waals surface area contributed by atoms with E-state index in [4.69, 9.17) is 0 Å². The van der Waals surface area contributed by atoms with Crippen molar-refractivity contribution in [1.29, 1.82) is 0 Å². The monoisotopic (exact) mass is 383 g/mol. The van der Waals surface area contributed by atoms with Crippen LogP contribution in [0, 0.1) is 0 Å². The molecule has 1 aromatic heterocycles. The number of aromatic nitrogens is 2. The average molecular weight is 383 g/mol. The second-order valence-corrected chi connectivity index (χ2v) is 6.22. The molecule has 0 atom stereocenters. The van der Waals surface area contributed by atoms with Gasteiger partial charge in [-0.3, -0.25) is 20.4 Å². The Kier molecular flexibility index (Phi) is 5.11. The van der Waals surface area contributed by atoms with E-state index in [0.29, 0.717) is 22.6 Å². The second-order valence-electron chi connectivity index (χ2n) is 6.22. The largest absolute Gasteiger partial charge is 0.322 e. The molecule has 3 aromatic carbocycles. The van der Waals surface area contributed by atoms with Crippen LogP contribution in [0.5, 0.6) is 0 Å². The van der Waals surface area contributed by atoms with Crippen LogP contribution in [0.25, 0.3) is 10.9 Å². The molecule has 0 unspecified atom stereocenters. The lowest BCUT2D eigenvalue weighted by Gasteiger charge is -2.10. The third kappa shape index (κ3) is 4.19. The van der Waals surface area contributed by atoms with E-state index in [2.05, 4.69) is 26.1 Å². The number of fused-ring (bicyclic) bond motifs is 1. The number of carbonyl (C=O) groups is 2. The van der Waals surface area contributed by atoms with Crippen LogP contribution in [0.4, 0.5) is 11.5 Å². The van der Waals surface area contributed by atoms with Gasteiger partial charge in [0.15, 0.2) is 5.82 Å². The van der Waals surface area contributed by atoms with Gasteiger partial charge in [0.25, 0.3) is 11.8 Å². The van der Waals surface area contributed by atoms with Crippen molar-refractivity contribution in [3.63, 3.8) is 0 Å². The van der Waals surface area contributed by atoms with E-state index in [1.165, 1.54) is 6.33 Å². The lowest BCUT2D eigenvalue weighted by atomic mass is 10.1. The van der Waals surface area contributed by atoms with Gasteiger partial charge in [-0.1, -0.05) is 30.3 Å². The number of nitrogens with one attached hydrogen (secondary N) is 3. The normalized spacial score (nSPS) is 10.3. The molecule has 1 heterocycles. The van der Waals surface area contributed by atoms with E-state index in [-0.39, 0.29) is 11.8 Å². The summed E-state index contributed by atoms with van der Waals surface area (Å²) in [4.78, 5) is 32.9. The highest BCUT2D eigenvalue weighted by Gasteiger charge is 2.09. The maximum Gasteiger partial charge on any atom is 0.269 e. The van der Waals surface area contributed by atoms with Crippen molar-refractivity contribution < 1.29 is 9.59 Å². The topological polar surface area (TPSA) is 96.0 Å². The van der Waals surface area contributed by atoms with E-state index in [1.807, 2.05) is 30.3 Å². The molecule has 0 saturated heterocycles. The fraction of sp³-hybridized carbons (Fsp3) is 0. The number of nitrogens with zero attached hydrogens (tertiary/aromatic N) is 2. The standard InChI is InChI=1S/C22H17N5O2/c28-21(15-6-2-1-3-7-15)25-17-12-10-16(11-13-17)22(29)27-26-20-18-8-4-5-9-19(18)23-14-24-20/h1-14H,(H,25,28)(H,27,29)(H,23,24,26). The number of hydrogen-bond donors (Lipinski definition) is 3. The molecule has 0 aliphatic carbocycles. The Bertz CT molecular complexity index is 1160. The summed E-state index contributed by atoms with van der Waals surface area (Å²) in [5, 5.41) is 3.60. The summed E-state index contributed by atoms with van der Waals surface area (Å²) in [6, 6.07) is 23.0. The van der Waals surface area contributed by atoms with E-state index < -0.39 is 0 Å². The van der Waals surface area contributed by atoms with Crippen LogP contribution in [0.1, 0.15) is 20.7 Å². The first-order chi connectivity index (χ1) is 14.2. The van der Waals surface area contributed by atoms with E-state index in [1.54, 1.807) is 48.5 Å². The fourth-order valence-corrected chi connectivity index (χ4v) is 2.79. The van der Waals surface area contributed by atoms with E-state index in [9.17, 15) is 9.59 Å². The van der Waals surface area contributed by atoms with Gasteiger partial charge in [0, 0.05) is 22.2 Å². The molecule has 0 aliphatic heterocycles. The van der Waals surface area contributed by atoms with Gasteiger partial charge in [-0.25, -0.2) is 9.97 Å². The lowest BCUT2D eigenvalue weighted by molar-refractivity contribution is 0.0962. The van der Waals surface area contributed by atoms with E-state index in [0.717, 1.165) is 10.9 Å². The predicted molar refractivity (Wildman–Crippen MR) is 111 cm³/mol. The van der Waals surface area contributed by atoms with Gasteiger partial charge >= 0.3 is 0 Å². The number of amides is 2. The highest BCUT2D eigenvalue weighted by Crippen LogP contribution is 2.17. The Labute approximate surface area is 166 Å². The minimum Gasteiger partial charge on any atom is -0.322 e. The summed E-state index contributed by atoms with van der Waals surface area (Å²) in [7, 11) is 0. The Balaban J connectivity index is 1.40. The molecular weight excluding hydrogens is 366 g/mol. The molecule has 3 N–H and O–H groups in total. The quantitative estimate of drug-likeness (QED) is 0.457. The van der Waals surface area contributed by atoms with Crippen LogP contribution in [0.2, 0.25) is 0 Å². The molecule has 7 nitrogen and oxygen atoms in total. The molecule has 29 heavy (non-hydrogen) atoms. The number of anilines is 2. The average Bonchev–Trinajstić information content (AvgIpc) is 2.78. The second kappa shape index (κ2) is 8.18. The van der Waals surface area contributed by atoms with E-state index >= 15 is 0 Å². The Morgan fingerprint density at radius 2 is 1.38 bits per heavy atom. The van der Waals surface area contributed by atoms with Gasteiger partial charge in [0.05, 0.1) is 5.52 Å². The summed E-state index contributed by atoms with van der Waals surface area (Å²) in [5.74, 6) is -0.0237. The van der Waals surface area contributed by atoms with Gasteiger partial charge in [-0.2, -0.15) is 0 Å². The van der Waals surface area contributed by atoms with Gasteiger partial charge in [-0.05, 0) is 48.5 Å².